The van der Waals surface area contributed by atoms with Gasteiger partial charge in [-0.15, -0.1) is 0 Å². The van der Waals surface area contributed by atoms with Gasteiger partial charge in [-0.05, 0) is 56.3 Å². The summed E-state index contributed by atoms with van der Waals surface area (Å²) in [7, 11) is 0. The van der Waals surface area contributed by atoms with E-state index in [2.05, 4.69) is 52.5 Å². The van der Waals surface area contributed by atoms with E-state index in [0.717, 1.165) is 31.5 Å². The van der Waals surface area contributed by atoms with Crippen molar-refractivity contribution in [3.8, 4) is 11.1 Å². The Hall–Kier alpha value is -1.91. The minimum absolute atomic E-state index is 0.239. The minimum Gasteiger partial charge on any atom is -0.396 e. The first-order chi connectivity index (χ1) is 12.3. The lowest BCUT2D eigenvalue weighted by Gasteiger charge is -2.31. The van der Waals surface area contributed by atoms with E-state index >= 15 is 0 Å². The molecule has 134 valence electrons. The summed E-state index contributed by atoms with van der Waals surface area (Å²) in [6, 6.07) is 11.5. The van der Waals surface area contributed by atoms with Crippen LogP contribution in [0.2, 0.25) is 0 Å². The summed E-state index contributed by atoms with van der Waals surface area (Å²) >= 11 is 0. The molecule has 1 aromatic heterocycles. The maximum Gasteiger partial charge on any atom is 0.0558 e. The average molecular weight is 339 g/mol. The number of pyridine rings is 1. The van der Waals surface area contributed by atoms with Crippen LogP contribution in [-0.2, 0) is 6.42 Å². The average Bonchev–Trinajstić information content (AvgIpc) is 2.62. The van der Waals surface area contributed by atoms with Crippen LogP contribution in [0.5, 0.6) is 0 Å². The maximum atomic E-state index is 9.03. The molecule has 0 saturated carbocycles. The van der Waals surface area contributed by atoms with Gasteiger partial charge in [0.15, 0.2) is 0 Å². The lowest BCUT2D eigenvalue weighted by Crippen LogP contribution is -2.44. The van der Waals surface area contributed by atoms with Crippen LogP contribution in [0, 0.1) is 0 Å². The molecule has 1 atom stereocenters. The van der Waals surface area contributed by atoms with Crippen molar-refractivity contribution in [2.24, 2.45) is 0 Å². The highest BCUT2D eigenvalue weighted by Crippen LogP contribution is 2.25. The van der Waals surface area contributed by atoms with Gasteiger partial charge in [0.25, 0.3) is 0 Å². The standard InChI is InChI=1S/C21H29N3O/c1-2-24(11-9-20-8-10-23-20)21-14-19(15-22-16-21)18-7-3-5-17(13-18)6-4-12-25/h3,5,7,13-16,20,23,25H,2,4,6,8-12H2,1H3. The fourth-order valence-corrected chi connectivity index (χ4v) is 3.32. The van der Waals surface area contributed by atoms with Gasteiger partial charge in [-0.2, -0.15) is 0 Å². The molecule has 1 aliphatic rings. The summed E-state index contributed by atoms with van der Waals surface area (Å²) in [5, 5.41) is 12.5. The molecule has 1 saturated heterocycles. The molecule has 1 fully saturated rings. The molecule has 0 bridgehead atoms. The van der Waals surface area contributed by atoms with Crippen LogP contribution in [0.4, 0.5) is 5.69 Å². The molecule has 4 nitrogen and oxygen atoms in total. The Morgan fingerprint density at radius 1 is 1.24 bits per heavy atom. The van der Waals surface area contributed by atoms with Crippen molar-refractivity contribution in [2.45, 2.75) is 38.6 Å². The van der Waals surface area contributed by atoms with Crippen LogP contribution in [-0.4, -0.2) is 42.4 Å². The number of anilines is 1. The van der Waals surface area contributed by atoms with Crippen LogP contribution in [0.3, 0.4) is 0 Å². The van der Waals surface area contributed by atoms with Crippen molar-refractivity contribution in [1.29, 1.82) is 0 Å². The third-order valence-electron chi connectivity index (χ3n) is 5.03. The highest BCUT2D eigenvalue weighted by atomic mass is 16.2. The van der Waals surface area contributed by atoms with E-state index in [1.165, 1.54) is 36.2 Å². The zero-order chi connectivity index (χ0) is 17.5. The number of benzene rings is 1. The van der Waals surface area contributed by atoms with Crippen LogP contribution < -0.4 is 10.2 Å². The van der Waals surface area contributed by atoms with Gasteiger partial charge in [-0.25, -0.2) is 0 Å². The molecule has 2 heterocycles. The summed E-state index contributed by atoms with van der Waals surface area (Å²) in [6.07, 6.45) is 8.12. The zero-order valence-corrected chi connectivity index (χ0v) is 15.1. The highest BCUT2D eigenvalue weighted by Gasteiger charge is 2.17. The van der Waals surface area contributed by atoms with Gasteiger partial charge in [-0.3, -0.25) is 4.98 Å². The monoisotopic (exact) mass is 339 g/mol. The number of hydrogen-bond acceptors (Lipinski definition) is 4. The van der Waals surface area contributed by atoms with Crippen LogP contribution in [0.25, 0.3) is 11.1 Å². The Balaban J connectivity index is 1.73. The Kier molecular flexibility index (Phi) is 6.42. The number of nitrogens with zero attached hydrogens (tertiary/aromatic N) is 2. The Labute approximate surface area is 150 Å². The fourth-order valence-electron chi connectivity index (χ4n) is 3.32. The third-order valence-corrected chi connectivity index (χ3v) is 5.03. The topological polar surface area (TPSA) is 48.4 Å². The number of aliphatic hydroxyl groups is 1. The fraction of sp³-hybridized carbons (Fsp3) is 0.476. The SMILES string of the molecule is CCN(CCC1CCN1)c1cncc(-c2cccc(CCCO)c2)c1. The summed E-state index contributed by atoms with van der Waals surface area (Å²) in [4.78, 5) is 6.89. The van der Waals surface area contributed by atoms with Gasteiger partial charge in [0.1, 0.15) is 0 Å². The van der Waals surface area contributed by atoms with E-state index in [1.54, 1.807) is 0 Å². The van der Waals surface area contributed by atoms with Gasteiger partial charge in [0.05, 0.1) is 11.9 Å². The van der Waals surface area contributed by atoms with Crippen molar-refractivity contribution >= 4 is 5.69 Å². The lowest BCUT2D eigenvalue weighted by molar-refractivity contribution is 0.288. The maximum absolute atomic E-state index is 9.03. The van der Waals surface area contributed by atoms with E-state index in [1.807, 2.05) is 12.4 Å². The Bertz CT molecular complexity index is 670. The predicted molar refractivity (Wildman–Crippen MR) is 104 cm³/mol. The highest BCUT2D eigenvalue weighted by molar-refractivity contribution is 5.67. The summed E-state index contributed by atoms with van der Waals surface area (Å²) < 4.78 is 0. The van der Waals surface area contributed by atoms with E-state index in [0.29, 0.717) is 6.04 Å². The lowest BCUT2D eigenvalue weighted by atomic mass is 10.0. The van der Waals surface area contributed by atoms with Crippen LogP contribution >= 0.6 is 0 Å². The van der Waals surface area contributed by atoms with Gasteiger partial charge in [-0.1, -0.05) is 24.3 Å². The number of rotatable bonds is 9. The number of aromatic nitrogens is 1. The molecule has 25 heavy (non-hydrogen) atoms. The second-order valence-electron chi connectivity index (χ2n) is 6.77. The van der Waals surface area contributed by atoms with Gasteiger partial charge >= 0.3 is 0 Å². The van der Waals surface area contributed by atoms with E-state index < -0.39 is 0 Å². The summed E-state index contributed by atoms with van der Waals surface area (Å²) in [6.45, 7) is 5.67. The van der Waals surface area contributed by atoms with Gasteiger partial charge in [0, 0.05) is 37.5 Å². The molecule has 0 spiro atoms. The molecule has 3 rings (SSSR count). The van der Waals surface area contributed by atoms with Crippen molar-refractivity contribution in [3.63, 3.8) is 0 Å². The smallest absolute Gasteiger partial charge is 0.0558 e. The molecule has 0 amide bonds. The number of nitrogens with one attached hydrogen (secondary N) is 1. The largest absolute Gasteiger partial charge is 0.396 e. The van der Waals surface area contributed by atoms with E-state index in [9.17, 15) is 0 Å². The zero-order valence-electron chi connectivity index (χ0n) is 15.1. The molecule has 1 aromatic carbocycles. The molecule has 4 heteroatoms. The molecule has 0 aliphatic carbocycles. The summed E-state index contributed by atoms with van der Waals surface area (Å²) in [5.74, 6) is 0. The van der Waals surface area contributed by atoms with Gasteiger partial charge < -0.3 is 15.3 Å². The van der Waals surface area contributed by atoms with E-state index in [4.69, 9.17) is 5.11 Å². The second-order valence-corrected chi connectivity index (χ2v) is 6.77. The van der Waals surface area contributed by atoms with Crippen LogP contribution in [0.15, 0.2) is 42.7 Å². The molecule has 2 aromatic rings. The minimum atomic E-state index is 0.239. The second kappa shape index (κ2) is 8.97. The van der Waals surface area contributed by atoms with Gasteiger partial charge in [0.2, 0.25) is 0 Å². The first-order valence-corrected chi connectivity index (χ1v) is 9.43. The predicted octanol–water partition coefficient (Wildman–Crippen LogP) is 3.25. The quantitative estimate of drug-likeness (QED) is 0.736. The molecule has 1 unspecified atom stereocenters. The first-order valence-electron chi connectivity index (χ1n) is 9.43. The number of hydrogen-bond donors (Lipinski definition) is 2. The van der Waals surface area contributed by atoms with Crippen molar-refractivity contribution < 1.29 is 5.11 Å². The Morgan fingerprint density at radius 2 is 2.12 bits per heavy atom. The number of aliphatic hydroxyl groups excluding tert-OH is 1. The van der Waals surface area contributed by atoms with Crippen molar-refractivity contribution in [2.75, 3.05) is 31.1 Å². The molecule has 0 radical (unpaired) electrons. The number of aryl methyl sites for hydroxylation is 1. The normalized spacial score (nSPS) is 16.5. The molecule has 2 N–H and O–H groups in total. The third kappa shape index (κ3) is 4.80. The Morgan fingerprint density at radius 3 is 2.84 bits per heavy atom. The van der Waals surface area contributed by atoms with Crippen LogP contribution in [0.1, 0.15) is 31.7 Å². The van der Waals surface area contributed by atoms with Crippen molar-refractivity contribution in [1.82, 2.24) is 10.3 Å². The molecule has 1 aliphatic heterocycles. The van der Waals surface area contributed by atoms with E-state index in [-0.39, 0.29) is 6.61 Å². The first kappa shape index (κ1) is 17.9. The molecular formula is C21H29N3O. The summed E-state index contributed by atoms with van der Waals surface area (Å²) in [5.41, 5.74) is 4.81. The molecular weight excluding hydrogens is 310 g/mol. The van der Waals surface area contributed by atoms with Crippen molar-refractivity contribution in [3.05, 3.63) is 48.3 Å².